The molecule has 4 heteroatoms. The van der Waals surface area contributed by atoms with Crippen molar-refractivity contribution in [2.75, 3.05) is 6.61 Å². The fraction of sp³-hybridized carbons (Fsp3) is 0.222. The molecule has 1 aliphatic rings. The highest BCUT2D eigenvalue weighted by Gasteiger charge is 2.19. The minimum atomic E-state index is -0.492. The van der Waals surface area contributed by atoms with E-state index in [-0.39, 0.29) is 0 Å². The van der Waals surface area contributed by atoms with Crippen LogP contribution in [0.5, 0.6) is 11.5 Å². The first-order valence-corrected chi connectivity index (χ1v) is 4.57. The van der Waals surface area contributed by atoms with Crippen LogP contribution in [0.15, 0.2) is 22.7 Å². The second-order valence-corrected chi connectivity index (χ2v) is 3.55. The number of ether oxygens (including phenoxy) is 2. The van der Waals surface area contributed by atoms with Gasteiger partial charge in [0.15, 0.2) is 11.5 Å². The summed E-state index contributed by atoms with van der Waals surface area (Å²) in [5.74, 6) is 1.31. The molecule has 0 aromatic heterocycles. The minimum Gasteiger partial charge on any atom is -0.485 e. The van der Waals surface area contributed by atoms with E-state index in [1.54, 1.807) is 6.07 Å². The zero-order valence-electron chi connectivity index (χ0n) is 6.66. The maximum Gasteiger partial charge on any atom is 0.218 e. The Hall–Kier alpha value is -1.21. The molecule has 0 radical (unpaired) electrons. The van der Waals surface area contributed by atoms with E-state index in [9.17, 15) is 0 Å². The Kier molecular flexibility index (Phi) is 2.11. The van der Waals surface area contributed by atoms with Gasteiger partial charge in [-0.2, -0.15) is 5.26 Å². The third kappa shape index (κ3) is 1.61. The maximum absolute atomic E-state index is 8.61. The molecule has 0 spiro atoms. The number of halogens is 1. The summed E-state index contributed by atoms with van der Waals surface area (Å²) in [5.41, 5.74) is 0. The van der Waals surface area contributed by atoms with E-state index in [2.05, 4.69) is 15.9 Å². The number of hydrogen-bond acceptors (Lipinski definition) is 3. The van der Waals surface area contributed by atoms with Gasteiger partial charge in [-0.3, -0.25) is 0 Å². The molecule has 0 fully saturated rings. The predicted octanol–water partition coefficient (Wildman–Crippen LogP) is 2.11. The third-order valence-electron chi connectivity index (χ3n) is 1.71. The second-order valence-electron chi connectivity index (χ2n) is 2.64. The van der Waals surface area contributed by atoms with Gasteiger partial charge in [0, 0.05) is 4.47 Å². The summed E-state index contributed by atoms with van der Waals surface area (Å²) in [6, 6.07) is 7.45. The van der Waals surface area contributed by atoms with Crippen LogP contribution in [0, 0.1) is 11.3 Å². The van der Waals surface area contributed by atoms with Gasteiger partial charge in [0.1, 0.15) is 12.7 Å². The van der Waals surface area contributed by atoms with Gasteiger partial charge in [-0.25, -0.2) is 0 Å². The molecule has 1 unspecified atom stereocenters. The zero-order chi connectivity index (χ0) is 9.26. The lowest BCUT2D eigenvalue weighted by atomic mass is 10.3. The quantitative estimate of drug-likeness (QED) is 0.697. The number of benzene rings is 1. The Balaban J connectivity index is 2.32. The summed E-state index contributed by atoms with van der Waals surface area (Å²) >= 11 is 3.32. The largest absolute Gasteiger partial charge is 0.485 e. The Morgan fingerprint density at radius 3 is 3.08 bits per heavy atom. The normalized spacial score (nSPS) is 19.2. The molecule has 0 saturated carbocycles. The first-order chi connectivity index (χ1) is 6.29. The van der Waals surface area contributed by atoms with E-state index in [0.717, 1.165) is 4.47 Å². The van der Waals surface area contributed by atoms with Crippen molar-refractivity contribution >= 4 is 15.9 Å². The molecule has 1 atom stereocenters. The molecule has 66 valence electrons. The lowest BCUT2D eigenvalue weighted by molar-refractivity contribution is 0.127. The van der Waals surface area contributed by atoms with Gasteiger partial charge in [-0.05, 0) is 18.2 Å². The van der Waals surface area contributed by atoms with Crippen LogP contribution in [0.4, 0.5) is 0 Å². The van der Waals surface area contributed by atoms with Crippen LogP contribution in [0.1, 0.15) is 0 Å². The summed E-state index contributed by atoms with van der Waals surface area (Å²) < 4.78 is 11.6. The summed E-state index contributed by atoms with van der Waals surface area (Å²) in [7, 11) is 0. The average Bonchev–Trinajstić information content (AvgIpc) is 2.17. The van der Waals surface area contributed by atoms with Crippen molar-refractivity contribution < 1.29 is 9.47 Å². The van der Waals surface area contributed by atoms with Crippen LogP contribution in [0.25, 0.3) is 0 Å². The minimum absolute atomic E-state index is 0.292. The molecule has 0 aliphatic carbocycles. The van der Waals surface area contributed by atoms with Crippen molar-refractivity contribution in [1.29, 1.82) is 5.26 Å². The molecule has 0 amide bonds. The monoisotopic (exact) mass is 239 g/mol. The van der Waals surface area contributed by atoms with Crippen molar-refractivity contribution in [3.63, 3.8) is 0 Å². The van der Waals surface area contributed by atoms with Crippen molar-refractivity contribution in [2.45, 2.75) is 6.10 Å². The highest BCUT2D eigenvalue weighted by molar-refractivity contribution is 9.10. The molecule has 0 saturated heterocycles. The third-order valence-corrected chi connectivity index (χ3v) is 2.20. The molecule has 2 rings (SSSR count). The van der Waals surface area contributed by atoms with Gasteiger partial charge < -0.3 is 9.47 Å². The zero-order valence-corrected chi connectivity index (χ0v) is 8.24. The lowest BCUT2D eigenvalue weighted by Gasteiger charge is -2.21. The second kappa shape index (κ2) is 3.27. The highest BCUT2D eigenvalue weighted by Crippen LogP contribution is 2.33. The molecular formula is C9H6BrNO2. The maximum atomic E-state index is 8.61. The van der Waals surface area contributed by atoms with Crippen LogP contribution < -0.4 is 9.47 Å². The van der Waals surface area contributed by atoms with Crippen LogP contribution in [-0.4, -0.2) is 12.7 Å². The van der Waals surface area contributed by atoms with Crippen molar-refractivity contribution in [3.05, 3.63) is 22.7 Å². The first-order valence-electron chi connectivity index (χ1n) is 3.78. The number of hydrogen-bond donors (Lipinski definition) is 0. The van der Waals surface area contributed by atoms with Crippen LogP contribution in [-0.2, 0) is 0 Å². The van der Waals surface area contributed by atoms with E-state index >= 15 is 0 Å². The standard InChI is InChI=1S/C9H6BrNO2/c10-6-1-2-8-9(3-6)12-5-7(4-11)13-8/h1-3,7H,5H2. The Labute approximate surface area is 84.0 Å². The molecule has 1 aliphatic heterocycles. The predicted molar refractivity (Wildman–Crippen MR) is 49.7 cm³/mol. The van der Waals surface area contributed by atoms with Crippen LogP contribution >= 0.6 is 15.9 Å². The van der Waals surface area contributed by atoms with Gasteiger partial charge in [0.2, 0.25) is 6.10 Å². The number of rotatable bonds is 0. The number of nitrogens with zero attached hydrogens (tertiary/aromatic N) is 1. The first kappa shape index (κ1) is 8.39. The van der Waals surface area contributed by atoms with E-state index in [1.165, 1.54) is 0 Å². The number of fused-ring (bicyclic) bond motifs is 1. The fourth-order valence-electron chi connectivity index (χ4n) is 1.11. The van der Waals surface area contributed by atoms with Gasteiger partial charge in [0.05, 0.1) is 0 Å². The van der Waals surface area contributed by atoms with E-state index in [4.69, 9.17) is 14.7 Å². The summed E-state index contributed by atoms with van der Waals surface area (Å²) in [4.78, 5) is 0. The van der Waals surface area contributed by atoms with E-state index in [0.29, 0.717) is 18.1 Å². The molecule has 0 N–H and O–H groups in total. The summed E-state index contributed by atoms with van der Waals surface area (Å²) in [6.07, 6.45) is -0.492. The smallest absolute Gasteiger partial charge is 0.218 e. The van der Waals surface area contributed by atoms with Gasteiger partial charge >= 0.3 is 0 Å². The Bertz CT molecular complexity index is 372. The molecule has 13 heavy (non-hydrogen) atoms. The molecule has 1 heterocycles. The lowest BCUT2D eigenvalue weighted by Crippen LogP contribution is -2.27. The molecule has 0 bridgehead atoms. The molecule has 3 nitrogen and oxygen atoms in total. The molecule has 1 aromatic carbocycles. The Morgan fingerprint density at radius 1 is 1.46 bits per heavy atom. The van der Waals surface area contributed by atoms with E-state index < -0.39 is 6.10 Å². The Morgan fingerprint density at radius 2 is 2.31 bits per heavy atom. The summed E-state index contributed by atoms with van der Waals surface area (Å²) in [6.45, 7) is 0.292. The summed E-state index contributed by atoms with van der Waals surface area (Å²) in [5, 5.41) is 8.61. The van der Waals surface area contributed by atoms with Crippen LogP contribution in [0.3, 0.4) is 0 Å². The van der Waals surface area contributed by atoms with Crippen molar-refractivity contribution in [3.8, 4) is 17.6 Å². The topological polar surface area (TPSA) is 42.2 Å². The SMILES string of the molecule is N#CC1COc2cc(Br)ccc2O1. The molecule has 1 aromatic rings. The van der Waals surface area contributed by atoms with Gasteiger partial charge in [0.25, 0.3) is 0 Å². The van der Waals surface area contributed by atoms with Crippen LogP contribution in [0.2, 0.25) is 0 Å². The molecular weight excluding hydrogens is 234 g/mol. The van der Waals surface area contributed by atoms with E-state index in [1.807, 2.05) is 18.2 Å². The fourth-order valence-corrected chi connectivity index (χ4v) is 1.45. The van der Waals surface area contributed by atoms with Crippen molar-refractivity contribution in [1.82, 2.24) is 0 Å². The van der Waals surface area contributed by atoms with Crippen molar-refractivity contribution in [2.24, 2.45) is 0 Å². The highest BCUT2D eigenvalue weighted by atomic mass is 79.9. The van der Waals surface area contributed by atoms with Gasteiger partial charge in [-0.1, -0.05) is 15.9 Å². The number of nitriles is 1. The average molecular weight is 240 g/mol. The van der Waals surface area contributed by atoms with Gasteiger partial charge in [-0.15, -0.1) is 0 Å².